The zero-order valence-electron chi connectivity index (χ0n) is 14.2. The van der Waals surface area contributed by atoms with E-state index in [1.54, 1.807) is 17.9 Å². The first-order valence-electron chi connectivity index (χ1n) is 8.09. The summed E-state index contributed by atoms with van der Waals surface area (Å²) in [7, 11) is 0. The molecule has 0 unspecified atom stereocenters. The number of furan rings is 1. The fourth-order valence-electron chi connectivity index (χ4n) is 2.61. The second kappa shape index (κ2) is 7.29. The number of ether oxygens (including phenoxy) is 2. The molecule has 0 saturated carbocycles. The van der Waals surface area contributed by atoms with E-state index in [1.165, 1.54) is 12.5 Å². The molecule has 1 atom stereocenters. The van der Waals surface area contributed by atoms with E-state index < -0.39 is 6.04 Å². The average molecular weight is 344 g/mol. The molecular formula is C18H20N2O5. The van der Waals surface area contributed by atoms with Crippen LogP contribution in [0.2, 0.25) is 0 Å². The van der Waals surface area contributed by atoms with E-state index in [1.807, 2.05) is 25.1 Å². The van der Waals surface area contributed by atoms with Gasteiger partial charge >= 0.3 is 0 Å². The molecule has 0 radical (unpaired) electrons. The lowest BCUT2D eigenvalue weighted by Gasteiger charge is -2.25. The zero-order chi connectivity index (χ0) is 17.8. The molecule has 7 nitrogen and oxygen atoms in total. The van der Waals surface area contributed by atoms with Crippen LogP contribution in [-0.4, -0.2) is 36.1 Å². The van der Waals surface area contributed by atoms with E-state index in [0.29, 0.717) is 30.2 Å². The van der Waals surface area contributed by atoms with Crippen molar-refractivity contribution in [1.29, 1.82) is 0 Å². The first-order valence-corrected chi connectivity index (χ1v) is 8.09. The van der Waals surface area contributed by atoms with Crippen LogP contribution in [0.15, 0.2) is 41.2 Å². The van der Waals surface area contributed by atoms with E-state index in [2.05, 4.69) is 5.32 Å². The summed E-state index contributed by atoms with van der Waals surface area (Å²) in [5.74, 6) is 0.895. The van der Waals surface area contributed by atoms with Gasteiger partial charge in [0.2, 0.25) is 12.7 Å². The van der Waals surface area contributed by atoms with Gasteiger partial charge < -0.3 is 24.1 Å². The quantitative estimate of drug-likeness (QED) is 0.869. The number of hydrogen-bond acceptors (Lipinski definition) is 5. The molecule has 132 valence electrons. The van der Waals surface area contributed by atoms with Gasteiger partial charge in [-0.25, -0.2) is 0 Å². The van der Waals surface area contributed by atoms with E-state index >= 15 is 0 Å². The third-order valence-corrected chi connectivity index (χ3v) is 4.01. The second-order valence-electron chi connectivity index (χ2n) is 5.75. The molecule has 0 aliphatic carbocycles. The molecule has 2 amide bonds. The number of carbonyl (C=O) groups excluding carboxylic acids is 2. The Kier molecular flexibility index (Phi) is 4.92. The lowest BCUT2D eigenvalue weighted by molar-refractivity contribution is -0.133. The minimum Gasteiger partial charge on any atom is -0.472 e. The van der Waals surface area contributed by atoms with E-state index in [-0.39, 0.29) is 18.6 Å². The SMILES string of the molecule is CCN(Cc1ccc2c(c1)OCO2)C(=O)[C@H](C)NC(=O)c1ccoc1. The molecule has 0 fully saturated rings. The summed E-state index contributed by atoms with van der Waals surface area (Å²) in [5, 5.41) is 2.69. The minimum atomic E-state index is -0.642. The summed E-state index contributed by atoms with van der Waals surface area (Å²) < 4.78 is 15.5. The number of fused-ring (bicyclic) bond motifs is 1. The Labute approximate surface area is 145 Å². The number of carbonyl (C=O) groups is 2. The van der Waals surface area contributed by atoms with Gasteiger partial charge in [0.1, 0.15) is 12.3 Å². The van der Waals surface area contributed by atoms with Crippen molar-refractivity contribution in [3.8, 4) is 11.5 Å². The summed E-state index contributed by atoms with van der Waals surface area (Å²) in [5.41, 5.74) is 1.33. The summed E-state index contributed by atoms with van der Waals surface area (Å²) in [6.45, 7) is 4.74. The number of nitrogens with one attached hydrogen (secondary N) is 1. The predicted octanol–water partition coefficient (Wildman–Crippen LogP) is 2.18. The Bertz CT molecular complexity index is 757. The summed E-state index contributed by atoms with van der Waals surface area (Å²) >= 11 is 0. The number of likely N-dealkylation sites (N-methyl/N-ethyl adjacent to an activating group) is 1. The highest BCUT2D eigenvalue weighted by molar-refractivity contribution is 5.97. The fraction of sp³-hybridized carbons (Fsp3) is 0.333. The molecule has 7 heteroatoms. The van der Waals surface area contributed by atoms with Crippen molar-refractivity contribution in [1.82, 2.24) is 10.2 Å². The Hall–Kier alpha value is -2.96. The Morgan fingerprint density at radius 2 is 2.04 bits per heavy atom. The van der Waals surface area contributed by atoms with E-state index in [9.17, 15) is 9.59 Å². The van der Waals surface area contributed by atoms with E-state index in [0.717, 1.165) is 5.56 Å². The topological polar surface area (TPSA) is 81.0 Å². The van der Waals surface area contributed by atoms with E-state index in [4.69, 9.17) is 13.9 Å². The largest absolute Gasteiger partial charge is 0.472 e. The maximum absolute atomic E-state index is 12.6. The first kappa shape index (κ1) is 16.9. The molecular weight excluding hydrogens is 324 g/mol. The van der Waals surface area contributed by atoms with Crippen LogP contribution < -0.4 is 14.8 Å². The number of rotatable bonds is 6. The zero-order valence-corrected chi connectivity index (χ0v) is 14.2. The van der Waals surface area contributed by atoms with Crippen molar-refractivity contribution in [2.45, 2.75) is 26.4 Å². The Morgan fingerprint density at radius 3 is 2.76 bits per heavy atom. The summed E-state index contributed by atoms with van der Waals surface area (Å²) in [6, 6.07) is 6.51. The minimum absolute atomic E-state index is 0.156. The maximum Gasteiger partial charge on any atom is 0.255 e. The second-order valence-corrected chi connectivity index (χ2v) is 5.75. The van der Waals surface area contributed by atoms with Crippen LogP contribution in [-0.2, 0) is 11.3 Å². The van der Waals surface area contributed by atoms with Crippen molar-refractivity contribution in [2.24, 2.45) is 0 Å². The highest BCUT2D eigenvalue weighted by atomic mass is 16.7. The summed E-state index contributed by atoms with van der Waals surface area (Å²) in [6.07, 6.45) is 2.76. The fourth-order valence-corrected chi connectivity index (χ4v) is 2.61. The summed E-state index contributed by atoms with van der Waals surface area (Å²) in [4.78, 5) is 26.4. The molecule has 0 saturated heterocycles. The monoisotopic (exact) mass is 344 g/mol. The molecule has 1 aromatic carbocycles. The van der Waals surface area contributed by atoms with Crippen LogP contribution in [0.3, 0.4) is 0 Å². The molecule has 1 aliphatic heterocycles. The third-order valence-electron chi connectivity index (χ3n) is 4.01. The standard InChI is InChI=1S/C18H20N2O5/c1-3-20(9-13-4-5-15-16(8-13)25-11-24-15)18(22)12(2)19-17(21)14-6-7-23-10-14/h4-8,10,12H,3,9,11H2,1-2H3,(H,19,21)/t12-/m0/s1. The lowest BCUT2D eigenvalue weighted by atomic mass is 10.1. The van der Waals surface area contributed by atoms with Gasteiger partial charge in [-0.15, -0.1) is 0 Å². The molecule has 1 N–H and O–H groups in total. The van der Waals surface area contributed by atoms with Crippen molar-refractivity contribution < 1.29 is 23.5 Å². The molecule has 1 aliphatic rings. The van der Waals surface area contributed by atoms with Crippen LogP contribution in [0.25, 0.3) is 0 Å². The van der Waals surface area contributed by atoms with Gasteiger partial charge in [0.15, 0.2) is 11.5 Å². The van der Waals surface area contributed by atoms with Gasteiger partial charge in [-0.05, 0) is 37.6 Å². The highest BCUT2D eigenvalue weighted by Crippen LogP contribution is 2.32. The van der Waals surface area contributed by atoms with Crippen molar-refractivity contribution in [2.75, 3.05) is 13.3 Å². The molecule has 2 heterocycles. The molecule has 2 aromatic rings. The normalized spacial score (nSPS) is 13.4. The van der Waals surface area contributed by atoms with Gasteiger partial charge in [-0.1, -0.05) is 6.07 Å². The third kappa shape index (κ3) is 3.76. The molecule has 3 rings (SSSR count). The van der Waals surface area contributed by atoms with Gasteiger partial charge in [0.05, 0.1) is 11.8 Å². The first-order chi connectivity index (χ1) is 12.1. The Balaban J connectivity index is 1.63. The van der Waals surface area contributed by atoms with Crippen LogP contribution in [0.4, 0.5) is 0 Å². The van der Waals surface area contributed by atoms with Crippen LogP contribution in [0, 0.1) is 0 Å². The van der Waals surface area contributed by atoms with Crippen LogP contribution >= 0.6 is 0 Å². The van der Waals surface area contributed by atoms with Crippen molar-refractivity contribution in [3.63, 3.8) is 0 Å². The number of nitrogens with zero attached hydrogens (tertiary/aromatic N) is 1. The molecule has 0 spiro atoms. The van der Waals surface area contributed by atoms with Crippen molar-refractivity contribution in [3.05, 3.63) is 47.9 Å². The highest BCUT2D eigenvalue weighted by Gasteiger charge is 2.23. The van der Waals surface area contributed by atoms with Gasteiger partial charge in [-0.3, -0.25) is 9.59 Å². The number of hydrogen-bond donors (Lipinski definition) is 1. The number of amides is 2. The maximum atomic E-state index is 12.6. The molecule has 25 heavy (non-hydrogen) atoms. The smallest absolute Gasteiger partial charge is 0.255 e. The van der Waals surface area contributed by atoms with Gasteiger partial charge in [-0.2, -0.15) is 0 Å². The van der Waals surface area contributed by atoms with Crippen LogP contribution in [0.5, 0.6) is 11.5 Å². The molecule has 1 aromatic heterocycles. The average Bonchev–Trinajstić information content (AvgIpc) is 3.29. The van der Waals surface area contributed by atoms with Crippen LogP contribution in [0.1, 0.15) is 29.8 Å². The lowest BCUT2D eigenvalue weighted by Crippen LogP contribution is -2.46. The molecule has 0 bridgehead atoms. The Morgan fingerprint density at radius 1 is 1.24 bits per heavy atom. The number of benzene rings is 1. The van der Waals surface area contributed by atoms with Gasteiger partial charge in [0, 0.05) is 13.1 Å². The van der Waals surface area contributed by atoms with Crippen molar-refractivity contribution >= 4 is 11.8 Å². The predicted molar refractivity (Wildman–Crippen MR) is 89.3 cm³/mol. The van der Waals surface area contributed by atoms with Gasteiger partial charge in [0.25, 0.3) is 5.91 Å².